The molecule has 172 valence electrons. The number of carbonyl (C=O) groups is 1. The zero-order valence-corrected chi connectivity index (χ0v) is 19.5. The molecule has 0 bridgehead atoms. The van der Waals surface area contributed by atoms with E-state index in [0.29, 0.717) is 5.56 Å². The number of unbranched alkanes of at least 4 members (excludes halogenated alkanes) is 9. The molecule has 0 saturated carbocycles. The Morgan fingerprint density at radius 2 is 1.12 bits per heavy atom. The predicted octanol–water partition coefficient (Wildman–Crippen LogP) is 6.95. The van der Waals surface area contributed by atoms with Gasteiger partial charge in [-0.2, -0.15) is 0 Å². The zero-order valence-electron chi connectivity index (χ0n) is 19.5. The van der Waals surface area contributed by atoms with Gasteiger partial charge in [-0.25, -0.2) is 0 Å². The largest absolute Gasteiger partial charge is 0.497 e. The highest BCUT2D eigenvalue weighted by molar-refractivity contribution is 5.84. The number of aldehydes is 1. The Balaban J connectivity index is 1.37. The quantitative estimate of drug-likeness (QED) is 0.154. The molecule has 0 spiro atoms. The number of carbonyl (C=O) groups excluding carboxylic acids is 1. The smallest absolute Gasteiger partial charge is 0.150 e. The minimum atomic E-state index is 0.701. The summed E-state index contributed by atoms with van der Waals surface area (Å²) in [6, 6.07) is 15.5. The van der Waals surface area contributed by atoms with Crippen molar-refractivity contribution in [3.05, 3.63) is 65.2 Å². The van der Waals surface area contributed by atoms with Crippen molar-refractivity contribution in [2.45, 2.75) is 64.2 Å². The molecular formula is C28H38N2O2. The highest BCUT2D eigenvalue weighted by atomic mass is 16.5. The molecule has 0 radical (unpaired) electrons. The van der Waals surface area contributed by atoms with Crippen LogP contribution in [0.25, 0.3) is 0 Å². The lowest BCUT2D eigenvalue weighted by atomic mass is 10.1. The number of benzene rings is 2. The standard InChI is InChI=1S/C28H38N2O2/c1-32-28-17-13-15-26(21-28)23-30-19-11-9-7-5-3-2-4-6-8-10-18-29-22-25-14-12-16-27(20-25)24-31/h12-17,20-24H,2-11,18-19H2,1H3. The minimum absolute atomic E-state index is 0.701. The van der Waals surface area contributed by atoms with Crippen LogP contribution in [0.15, 0.2) is 58.5 Å². The lowest BCUT2D eigenvalue weighted by Crippen LogP contribution is -1.89. The SMILES string of the molecule is COc1cccc(C=NCCCCCCCCCCCCN=Cc2cccc(C=O)c2)c1. The van der Waals surface area contributed by atoms with Crippen LogP contribution in [-0.4, -0.2) is 38.9 Å². The molecule has 0 fully saturated rings. The third kappa shape index (κ3) is 11.6. The first-order chi connectivity index (χ1) is 15.8. The first-order valence-corrected chi connectivity index (χ1v) is 12.0. The molecule has 0 aromatic heterocycles. The van der Waals surface area contributed by atoms with Crippen molar-refractivity contribution in [2.24, 2.45) is 9.98 Å². The van der Waals surface area contributed by atoms with E-state index in [1.165, 1.54) is 57.8 Å². The van der Waals surface area contributed by atoms with Gasteiger partial charge in [0.1, 0.15) is 12.0 Å². The van der Waals surface area contributed by atoms with Crippen molar-refractivity contribution in [3.8, 4) is 5.75 Å². The lowest BCUT2D eigenvalue weighted by Gasteiger charge is -2.02. The van der Waals surface area contributed by atoms with Gasteiger partial charge in [-0.1, -0.05) is 81.7 Å². The molecule has 0 aliphatic carbocycles. The highest BCUT2D eigenvalue weighted by Gasteiger charge is 1.95. The number of aliphatic imine (C=N–C) groups is 2. The summed E-state index contributed by atoms with van der Waals surface area (Å²) in [5, 5.41) is 0. The Morgan fingerprint density at radius 3 is 1.66 bits per heavy atom. The van der Waals surface area contributed by atoms with Gasteiger partial charge in [-0.3, -0.25) is 14.8 Å². The van der Waals surface area contributed by atoms with Gasteiger partial charge in [0.2, 0.25) is 0 Å². The van der Waals surface area contributed by atoms with E-state index < -0.39 is 0 Å². The molecule has 0 amide bonds. The Morgan fingerprint density at radius 1 is 0.656 bits per heavy atom. The van der Waals surface area contributed by atoms with Gasteiger partial charge in [-0.15, -0.1) is 0 Å². The zero-order chi connectivity index (χ0) is 22.7. The molecule has 2 aromatic carbocycles. The van der Waals surface area contributed by atoms with E-state index in [0.717, 1.165) is 42.7 Å². The van der Waals surface area contributed by atoms with Crippen molar-refractivity contribution in [3.63, 3.8) is 0 Å². The molecule has 0 N–H and O–H groups in total. The molecule has 0 aliphatic rings. The molecule has 0 aliphatic heterocycles. The Labute approximate surface area is 193 Å². The minimum Gasteiger partial charge on any atom is -0.497 e. The molecule has 4 nitrogen and oxygen atoms in total. The fourth-order valence-corrected chi connectivity index (χ4v) is 3.59. The average molecular weight is 435 g/mol. The number of methoxy groups -OCH3 is 1. The maximum Gasteiger partial charge on any atom is 0.150 e. The third-order valence-electron chi connectivity index (χ3n) is 5.45. The van der Waals surface area contributed by atoms with Crippen LogP contribution in [-0.2, 0) is 0 Å². The van der Waals surface area contributed by atoms with Crippen LogP contribution in [0.5, 0.6) is 5.75 Å². The van der Waals surface area contributed by atoms with Gasteiger partial charge in [0.15, 0.2) is 0 Å². The van der Waals surface area contributed by atoms with E-state index >= 15 is 0 Å². The van der Waals surface area contributed by atoms with Crippen LogP contribution in [0.1, 0.15) is 85.7 Å². The summed E-state index contributed by atoms with van der Waals surface area (Å²) in [6.07, 6.45) is 17.5. The van der Waals surface area contributed by atoms with E-state index in [1.807, 2.05) is 54.9 Å². The Kier molecular flexibility index (Phi) is 13.5. The van der Waals surface area contributed by atoms with Crippen molar-refractivity contribution < 1.29 is 9.53 Å². The maximum absolute atomic E-state index is 10.8. The Hall–Kier alpha value is -2.75. The second-order valence-corrected chi connectivity index (χ2v) is 8.17. The fraction of sp³-hybridized carbons (Fsp3) is 0.464. The first kappa shape index (κ1) is 25.5. The van der Waals surface area contributed by atoms with Crippen molar-refractivity contribution in [1.82, 2.24) is 0 Å². The second kappa shape index (κ2) is 16.9. The van der Waals surface area contributed by atoms with E-state index in [1.54, 1.807) is 7.11 Å². The van der Waals surface area contributed by atoms with Gasteiger partial charge >= 0.3 is 0 Å². The van der Waals surface area contributed by atoms with Gasteiger partial charge < -0.3 is 4.74 Å². The predicted molar refractivity (Wildman–Crippen MR) is 136 cm³/mol. The van der Waals surface area contributed by atoms with Crippen LogP contribution in [0, 0.1) is 0 Å². The van der Waals surface area contributed by atoms with Crippen LogP contribution < -0.4 is 4.74 Å². The monoisotopic (exact) mass is 434 g/mol. The second-order valence-electron chi connectivity index (χ2n) is 8.17. The van der Waals surface area contributed by atoms with Crippen molar-refractivity contribution in [2.75, 3.05) is 20.2 Å². The number of ether oxygens (including phenoxy) is 1. The summed E-state index contributed by atoms with van der Waals surface area (Å²) in [7, 11) is 1.69. The molecule has 0 heterocycles. The van der Waals surface area contributed by atoms with Crippen LogP contribution in [0.2, 0.25) is 0 Å². The van der Waals surface area contributed by atoms with E-state index in [9.17, 15) is 4.79 Å². The van der Waals surface area contributed by atoms with Crippen molar-refractivity contribution in [1.29, 1.82) is 0 Å². The Bertz CT molecular complexity index is 830. The molecule has 4 heteroatoms. The van der Waals surface area contributed by atoms with E-state index in [-0.39, 0.29) is 0 Å². The molecule has 0 unspecified atom stereocenters. The summed E-state index contributed by atoms with van der Waals surface area (Å²) >= 11 is 0. The number of hydrogen-bond acceptors (Lipinski definition) is 4. The summed E-state index contributed by atoms with van der Waals surface area (Å²) in [5.41, 5.74) is 2.80. The normalized spacial score (nSPS) is 11.4. The summed E-state index contributed by atoms with van der Waals surface area (Å²) < 4.78 is 5.23. The van der Waals surface area contributed by atoms with Gasteiger partial charge in [-0.05, 0) is 42.2 Å². The third-order valence-corrected chi connectivity index (χ3v) is 5.45. The van der Waals surface area contributed by atoms with Gasteiger partial charge in [0.25, 0.3) is 0 Å². The lowest BCUT2D eigenvalue weighted by molar-refractivity contribution is 0.112. The topological polar surface area (TPSA) is 51.0 Å². The molecular weight excluding hydrogens is 396 g/mol. The van der Waals surface area contributed by atoms with Crippen LogP contribution in [0.4, 0.5) is 0 Å². The number of rotatable bonds is 17. The van der Waals surface area contributed by atoms with Gasteiger partial charge in [0.05, 0.1) is 7.11 Å². The summed E-state index contributed by atoms with van der Waals surface area (Å²) in [6.45, 7) is 1.77. The van der Waals surface area contributed by atoms with Crippen molar-refractivity contribution >= 4 is 18.7 Å². The summed E-state index contributed by atoms with van der Waals surface area (Å²) in [4.78, 5) is 19.8. The number of hydrogen-bond donors (Lipinski definition) is 0. The molecule has 2 aromatic rings. The first-order valence-electron chi connectivity index (χ1n) is 12.0. The van der Waals surface area contributed by atoms with E-state index in [2.05, 4.69) is 16.1 Å². The van der Waals surface area contributed by atoms with Crippen LogP contribution in [0.3, 0.4) is 0 Å². The molecule has 2 rings (SSSR count). The summed E-state index contributed by atoms with van der Waals surface area (Å²) in [5.74, 6) is 0.876. The van der Waals surface area contributed by atoms with Gasteiger partial charge in [0, 0.05) is 31.1 Å². The fourth-order valence-electron chi connectivity index (χ4n) is 3.59. The maximum atomic E-state index is 10.8. The van der Waals surface area contributed by atoms with E-state index in [4.69, 9.17) is 4.74 Å². The molecule has 32 heavy (non-hydrogen) atoms. The molecule has 0 atom stereocenters. The number of nitrogens with zero attached hydrogens (tertiary/aromatic N) is 2. The highest BCUT2D eigenvalue weighted by Crippen LogP contribution is 2.12. The van der Waals surface area contributed by atoms with Crippen LogP contribution >= 0.6 is 0 Å². The average Bonchev–Trinajstić information content (AvgIpc) is 2.84. The molecule has 0 saturated heterocycles.